The van der Waals surface area contributed by atoms with E-state index in [-0.39, 0.29) is 0 Å². The third-order valence-corrected chi connectivity index (χ3v) is 6.49. The molecule has 3 aliphatic rings. The van der Waals surface area contributed by atoms with Crippen molar-refractivity contribution in [1.82, 2.24) is 0 Å². The summed E-state index contributed by atoms with van der Waals surface area (Å²) in [6.07, 6.45) is 9.69. The van der Waals surface area contributed by atoms with Crippen molar-refractivity contribution in [1.29, 1.82) is 0 Å². The molecule has 2 saturated carbocycles. The van der Waals surface area contributed by atoms with Crippen LogP contribution >= 0.6 is 0 Å². The van der Waals surface area contributed by atoms with Crippen molar-refractivity contribution >= 4 is 0 Å². The lowest BCUT2D eigenvalue weighted by atomic mass is 9.56. The summed E-state index contributed by atoms with van der Waals surface area (Å²) in [6.45, 7) is 2.55. The maximum Gasteiger partial charge on any atom is 0.115 e. The van der Waals surface area contributed by atoms with Gasteiger partial charge in [-0.1, -0.05) is 19.4 Å². The minimum Gasteiger partial charge on any atom is -0.508 e. The van der Waals surface area contributed by atoms with E-state index in [2.05, 4.69) is 13.0 Å². The smallest absolute Gasteiger partial charge is 0.115 e. The number of phenols is 1. The first-order valence-electron chi connectivity index (χ1n) is 7.99. The second kappa shape index (κ2) is 4.01. The monoisotopic (exact) mass is 256 g/mol. The Balaban J connectivity index is 1.72. The lowest BCUT2D eigenvalue weighted by Gasteiger charge is -2.49. The lowest BCUT2D eigenvalue weighted by molar-refractivity contribution is 0.0598. The second-order valence-electron chi connectivity index (χ2n) is 7.38. The van der Waals surface area contributed by atoms with Crippen LogP contribution in [0.1, 0.15) is 62.5 Å². The highest BCUT2D eigenvalue weighted by Crippen LogP contribution is 2.60. The third-order valence-electron chi connectivity index (χ3n) is 6.49. The fourth-order valence-corrected chi connectivity index (χ4v) is 5.56. The molecule has 0 aliphatic heterocycles. The van der Waals surface area contributed by atoms with Gasteiger partial charge in [-0.05, 0) is 85.0 Å². The van der Waals surface area contributed by atoms with Gasteiger partial charge in [0.25, 0.3) is 0 Å². The fourth-order valence-electron chi connectivity index (χ4n) is 5.56. The maximum absolute atomic E-state index is 9.68. The zero-order chi connectivity index (χ0) is 13.0. The summed E-state index contributed by atoms with van der Waals surface area (Å²) < 4.78 is 0. The summed E-state index contributed by atoms with van der Waals surface area (Å²) >= 11 is 0. The summed E-state index contributed by atoms with van der Waals surface area (Å²) in [6, 6.07) is 6.11. The molecular formula is C18H24O. The van der Waals surface area contributed by atoms with Crippen molar-refractivity contribution in [3.63, 3.8) is 0 Å². The SMILES string of the molecule is C[C@]12CCCC1[C@H]1CCc3cc(O)ccc3C1CC2. The van der Waals surface area contributed by atoms with Gasteiger partial charge in [0.05, 0.1) is 0 Å². The predicted molar refractivity (Wildman–Crippen MR) is 77.3 cm³/mol. The van der Waals surface area contributed by atoms with Crippen molar-refractivity contribution in [2.45, 2.75) is 57.8 Å². The van der Waals surface area contributed by atoms with E-state index < -0.39 is 0 Å². The number of benzene rings is 1. The van der Waals surface area contributed by atoms with Crippen LogP contribution in [-0.4, -0.2) is 5.11 Å². The molecule has 1 aromatic rings. The molecule has 3 aliphatic carbocycles. The van der Waals surface area contributed by atoms with Crippen molar-refractivity contribution in [2.24, 2.45) is 17.3 Å². The first-order chi connectivity index (χ1) is 9.17. The Morgan fingerprint density at radius 3 is 2.95 bits per heavy atom. The zero-order valence-electron chi connectivity index (χ0n) is 11.9. The normalized spacial score (nSPS) is 40.4. The van der Waals surface area contributed by atoms with Gasteiger partial charge in [-0.15, -0.1) is 0 Å². The van der Waals surface area contributed by atoms with Crippen LogP contribution < -0.4 is 0 Å². The van der Waals surface area contributed by atoms with Crippen LogP contribution in [0, 0.1) is 17.3 Å². The van der Waals surface area contributed by atoms with Gasteiger partial charge >= 0.3 is 0 Å². The Kier molecular flexibility index (Phi) is 2.49. The van der Waals surface area contributed by atoms with Gasteiger partial charge in [0.2, 0.25) is 0 Å². The summed E-state index contributed by atoms with van der Waals surface area (Å²) in [5, 5.41) is 9.68. The molecule has 0 radical (unpaired) electrons. The molecule has 0 bridgehead atoms. The summed E-state index contributed by atoms with van der Waals surface area (Å²) in [7, 11) is 0. The van der Waals surface area contributed by atoms with E-state index >= 15 is 0 Å². The Bertz CT molecular complexity index is 506. The van der Waals surface area contributed by atoms with Crippen LogP contribution in [0.5, 0.6) is 5.75 Å². The predicted octanol–water partition coefficient (Wildman–Crippen LogP) is 4.64. The molecule has 0 saturated heterocycles. The Morgan fingerprint density at radius 1 is 1.16 bits per heavy atom. The molecule has 2 fully saturated rings. The number of aromatic hydroxyl groups is 1. The van der Waals surface area contributed by atoms with Gasteiger partial charge in [-0.3, -0.25) is 0 Å². The molecule has 0 spiro atoms. The van der Waals surface area contributed by atoms with E-state index in [0.717, 1.165) is 17.8 Å². The summed E-state index contributed by atoms with van der Waals surface area (Å²) in [5.74, 6) is 3.10. The number of phenolic OH excluding ortho intramolecular Hbond substituents is 1. The lowest BCUT2D eigenvalue weighted by Crippen LogP contribution is -2.39. The number of hydrogen-bond acceptors (Lipinski definition) is 1. The number of aryl methyl sites for hydroxylation is 1. The Labute approximate surface area is 116 Å². The first kappa shape index (κ1) is 11.8. The largest absolute Gasteiger partial charge is 0.508 e. The maximum atomic E-state index is 9.68. The van der Waals surface area contributed by atoms with E-state index in [1.54, 1.807) is 5.56 Å². The molecule has 1 heteroatoms. The van der Waals surface area contributed by atoms with Crippen molar-refractivity contribution in [3.8, 4) is 5.75 Å². The average Bonchev–Trinajstić information content (AvgIpc) is 2.79. The van der Waals surface area contributed by atoms with E-state index in [9.17, 15) is 5.11 Å². The molecule has 1 aromatic carbocycles. The van der Waals surface area contributed by atoms with Crippen LogP contribution in [0.2, 0.25) is 0 Å². The van der Waals surface area contributed by atoms with Crippen molar-refractivity contribution in [2.75, 3.05) is 0 Å². The van der Waals surface area contributed by atoms with Crippen LogP contribution in [0.15, 0.2) is 18.2 Å². The standard InChI is InChI=1S/C18H24O/c1-18-9-2-3-17(18)16-6-4-12-11-13(19)5-7-14(12)15(16)8-10-18/h5,7,11,15-17,19H,2-4,6,8-10H2,1H3/t15?,16-,17?,18+/m0/s1. The molecule has 1 nitrogen and oxygen atoms in total. The van der Waals surface area contributed by atoms with E-state index in [4.69, 9.17) is 0 Å². The van der Waals surface area contributed by atoms with Gasteiger partial charge < -0.3 is 5.11 Å². The quantitative estimate of drug-likeness (QED) is 0.717. The van der Waals surface area contributed by atoms with Crippen molar-refractivity contribution in [3.05, 3.63) is 29.3 Å². The summed E-state index contributed by atoms with van der Waals surface area (Å²) in [4.78, 5) is 0. The number of fused-ring (bicyclic) bond motifs is 5. The second-order valence-corrected chi connectivity index (χ2v) is 7.38. The Morgan fingerprint density at radius 2 is 2.05 bits per heavy atom. The molecule has 0 aromatic heterocycles. The van der Waals surface area contributed by atoms with E-state index in [1.165, 1.54) is 50.5 Å². The molecule has 4 rings (SSSR count). The molecular weight excluding hydrogens is 232 g/mol. The molecule has 1 N–H and O–H groups in total. The third kappa shape index (κ3) is 1.67. The Hall–Kier alpha value is -0.980. The topological polar surface area (TPSA) is 20.2 Å². The van der Waals surface area contributed by atoms with E-state index in [1.807, 2.05) is 12.1 Å². The highest BCUT2D eigenvalue weighted by Gasteiger charge is 2.50. The summed E-state index contributed by atoms with van der Waals surface area (Å²) in [5.41, 5.74) is 3.63. The number of hydrogen-bond donors (Lipinski definition) is 1. The molecule has 102 valence electrons. The average molecular weight is 256 g/mol. The highest BCUT2D eigenvalue weighted by atomic mass is 16.3. The molecule has 4 atom stereocenters. The van der Waals surface area contributed by atoms with Crippen LogP contribution in [0.25, 0.3) is 0 Å². The fraction of sp³-hybridized carbons (Fsp3) is 0.667. The highest BCUT2D eigenvalue weighted by molar-refractivity contribution is 5.40. The van der Waals surface area contributed by atoms with E-state index in [0.29, 0.717) is 11.2 Å². The van der Waals surface area contributed by atoms with Crippen LogP contribution in [0.3, 0.4) is 0 Å². The van der Waals surface area contributed by atoms with Crippen LogP contribution in [0.4, 0.5) is 0 Å². The van der Waals surface area contributed by atoms with Gasteiger partial charge in [0, 0.05) is 0 Å². The zero-order valence-corrected chi connectivity index (χ0v) is 11.9. The first-order valence-corrected chi connectivity index (χ1v) is 7.99. The molecule has 19 heavy (non-hydrogen) atoms. The minimum absolute atomic E-state index is 0.443. The molecule has 0 amide bonds. The molecule has 0 heterocycles. The minimum atomic E-state index is 0.443. The van der Waals surface area contributed by atoms with Gasteiger partial charge in [0.15, 0.2) is 0 Å². The number of rotatable bonds is 0. The van der Waals surface area contributed by atoms with Gasteiger partial charge in [0.1, 0.15) is 5.75 Å². The van der Waals surface area contributed by atoms with Crippen molar-refractivity contribution < 1.29 is 5.11 Å². The van der Waals surface area contributed by atoms with Crippen LogP contribution in [-0.2, 0) is 6.42 Å². The van der Waals surface area contributed by atoms with Gasteiger partial charge in [-0.2, -0.15) is 0 Å². The van der Waals surface area contributed by atoms with Gasteiger partial charge in [-0.25, -0.2) is 0 Å². The molecule has 2 unspecified atom stereocenters.